The molecule has 4 nitrogen and oxygen atoms in total. The SMILES string of the molecule is CCc1cc(SCCc2ccco2)c(O)c(O)c1SCCc1ccco1. The van der Waals surface area contributed by atoms with Gasteiger partial charge in [-0.25, -0.2) is 0 Å². The Labute approximate surface area is 161 Å². The number of hydrogen-bond acceptors (Lipinski definition) is 6. The van der Waals surface area contributed by atoms with Crippen molar-refractivity contribution in [1.82, 2.24) is 0 Å². The van der Waals surface area contributed by atoms with Gasteiger partial charge in [0, 0.05) is 24.3 Å². The number of thioether (sulfide) groups is 2. The zero-order valence-corrected chi connectivity index (χ0v) is 16.2. The fourth-order valence-corrected chi connectivity index (χ4v) is 4.74. The molecule has 0 atom stereocenters. The maximum atomic E-state index is 10.5. The third-order valence-electron chi connectivity index (χ3n) is 4.01. The Balaban J connectivity index is 1.66. The van der Waals surface area contributed by atoms with Gasteiger partial charge in [-0.15, -0.1) is 23.5 Å². The number of aryl methyl sites for hydroxylation is 3. The number of phenolic OH excluding ortho intramolecular Hbond substituents is 2. The normalized spacial score (nSPS) is 11.1. The van der Waals surface area contributed by atoms with Crippen LogP contribution in [-0.4, -0.2) is 21.7 Å². The van der Waals surface area contributed by atoms with Crippen molar-refractivity contribution in [2.75, 3.05) is 11.5 Å². The van der Waals surface area contributed by atoms with E-state index >= 15 is 0 Å². The summed E-state index contributed by atoms with van der Waals surface area (Å²) in [6.45, 7) is 2.06. The topological polar surface area (TPSA) is 66.7 Å². The lowest BCUT2D eigenvalue weighted by molar-refractivity contribution is 0.385. The van der Waals surface area contributed by atoms with E-state index in [-0.39, 0.29) is 11.5 Å². The highest BCUT2D eigenvalue weighted by Gasteiger charge is 2.17. The summed E-state index contributed by atoms with van der Waals surface area (Å²) in [5.74, 6) is 3.33. The fraction of sp³-hybridized carbons (Fsp3) is 0.300. The second-order valence-corrected chi connectivity index (χ2v) is 8.01. The summed E-state index contributed by atoms with van der Waals surface area (Å²) >= 11 is 3.07. The highest BCUT2D eigenvalue weighted by atomic mass is 32.2. The first-order valence-electron chi connectivity index (χ1n) is 8.57. The minimum Gasteiger partial charge on any atom is -0.503 e. The summed E-state index contributed by atoms with van der Waals surface area (Å²) < 4.78 is 10.7. The van der Waals surface area contributed by atoms with Gasteiger partial charge in [-0.3, -0.25) is 0 Å². The van der Waals surface area contributed by atoms with E-state index in [0.29, 0.717) is 4.90 Å². The molecule has 0 amide bonds. The van der Waals surface area contributed by atoms with Crippen molar-refractivity contribution in [3.63, 3.8) is 0 Å². The van der Waals surface area contributed by atoms with Gasteiger partial charge in [-0.05, 0) is 42.3 Å². The Kier molecular flexibility index (Phi) is 6.63. The van der Waals surface area contributed by atoms with Crippen molar-refractivity contribution in [3.8, 4) is 11.5 Å². The molecular weight excluding hydrogens is 368 g/mol. The quantitative estimate of drug-likeness (QED) is 0.371. The van der Waals surface area contributed by atoms with E-state index in [1.807, 2.05) is 30.3 Å². The second-order valence-electron chi connectivity index (χ2n) is 5.77. The Hall–Kier alpha value is -1.92. The van der Waals surface area contributed by atoms with E-state index in [4.69, 9.17) is 8.83 Å². The zero-order valence-electron chi connectivity index (χ0n) is 14.6. The number of hydrogen-bond donors (Lipinski definition) is 2. The van der Waals surface area contributed by atoms with Gasteiger partial charge in [0.2, 0.25) is 0 Å². The summed E-state index contributed by atoms with van der Waals surface area (Å²) in [4.78, 5) is 1.47. The smallest absolute Gasteiger partial charge is 0.172 e. The van der Waals surface area contributed by atoms with E-state index in [2.05, 4.69) is 6.92 Å². The molecule has 2 aromatic heterocycles. The monoisotopic (exact) mass is 390 g/mol. The first kappa shape index (κ1) is 18.9. The van der Waals surface area contributed by atoms with Crippen molar-refractivity contribution in [2.24, 2.45) is 0 Å². The van der Waals surface area contributed by atoms with Crippen molar-refractivity contribution in [3.05, 3.63) is 59.9 Å². The predicted molar refractivity (Wildman–Crippen MR) is 105 cm³/mol. The molecule has 3 rings (SSSR count). The van der Waals surface area contributed by atoms with Gasteiger partial charge in [-0.1, -0.05) is 6.92 Å². The fourth-order valence-electron chi connectivity index (χ4n) is 2.63. The van der Waals surface area contributed by atoms with Crippen LogP contribution in [0.4, 0.5) is 0 Å². The largest absolute Gasteiger partial charge is 0.503 e. The lowest BCUT2D eigenvalue weighted by Gasteiger charge is -2.14. The van der Waals surface area contributed by atoms with Crippen molar-refractivity contribution in [2.45, 2.75) is 36.0 Å². The van der Waals surface area contributed by atoms with Crippen LogP contribution in [0.1, 0.15) is 24.0 Å². The van der Waals surface area contributed by atoms with E-state index in [1.165, 1.54) is 11.8 Å². The lowest BCUT2D eigenvalue weighted by Crippen LogP contribution is -1.93. The molecule has 6 heteroatoms. The molecule has 26 heavy (non-hydrogen) atoms. The third kappa shape index (κ3) is 4.62. The summed E-state index contributed by atoms with van der Waals surface area (Å²) in [5, 5.41) is 20.9. The molecule has 3 aromatic rings. The van der Waals surface area contributed by atoms with Crippen LogP contribution in [0.2, 0.25) is 0 Å². The molecular formula is C20H22O4S2. The maximum absolute atomic E-state index is 10.5. The first-order valence-corrected chi connectivity index (χ1v) is 10.5. The molecule has 0 unspecified atom stereocenters. The third-order valence-corrected chi connectivity index (χ3v) is 6.19. The number of furan rings is 2. The molecule has 0 fully saturated rings. The van der Waals surface area contributed by atoms with E-state index in [1.54, 1.807) is 24.3 Å². The van der Waals surface area contributed by atoms with Crippen LogP contribution < -0.4 is 0 Å². The van der Waals surface area contributed by atoms with Gasteiger partial charge in [0.05, 0.1) is 22.3 Å². The molecule has 0 aliphatic rings. The molecule has 2 N–H and O–H groups in total. The number of benzene rings is 1. The van der Waals surface area contributed by atoms with Crippen LogP contribution in [-0.2, 0) is 19.3 Å². The van der Waals surface area contributed by atoms with Crippen LogP contribution in [0.25, 0.3) is 0 Å². The molecule has 0 aliphatic carbocycles. The van der Waals surface area contributed by atoms with Gasteiger partial charge in [-0.2, -0.15) is 0 Å². The summed E-state index contributed by atoms with van der Waals surface area (Å²) in [6.07, 6.45) is 5.67. The van der Waals surface area contributed by atoms with Crippen LogP contribution >= 0.6 is 23.5 Å². The summed E-state index contributed by atoms with van der Waals surface area (Å²) in [5.41, 5.74) is 1.05. The van der Waals surface area contributed by atoms with Crippen LogP contribution in [0.3, 0.4) is 0 Å². The Morgan fingerprint density at radius 2 is 1.50 bits per heavy atom. The zero-order chi connectivity index (χ0) is 18.4. The molecule has 1 aromatic carbocycles. The van der Waals surface area contributed by atoms with Gasteiger partial charge in [0.15, 0.2) is 11.5 Å². The van der Waals surface area contributed by atoms with Crippen molar-refractivity contribution in [1.29, 1.82) is 0 Å². The number of rotatable bonds is 9. The number of phenols is 2. The summed E-state index contributed by atoms with van der Waals surface area (Å²) in [7, 11) is 0. The minimum atomic E-state index is -0.0351. The molecule has 0 aliphatic heterocycles. The lowest BCUT2D eigenvalue weighted by atomic mass is 10.1. The molecule has 138 valence electrons. The van der Waals surface area contributed by atoms with Crippen LogP contribution in [0.15, 0.2) is 61.5 Å². The Morgan fingerprint density at radius 3 is 2.04 bits per heavy atom. The molecule has 0 bridgehead atoms. The van der Waals surface area contributed by atoms with E-state index < -0.39 is 0 Å². The van der Waals surface area contributed by atoms with Crippen molar-refractivity contribution < 1.29 is 19.0 Å². The molecule has 0 saturated carbocycles. The highest BCUT2D eigenvalue weighted by molar-refractivity contribution is 7.99. The van der Waals surface area contributed by atoms with Gasteiger partial charge < -0.3 is 19.0 Å². The standard InChI is InChI=1S/C20H22O4S2/c1-2-14-13-17(25-11-7-15-5-3-9-23-15)18(21)19(22)20(14)26-12-8-16-6-4-10-24-16/h3-6,9-10,13,21-22H,2,7-8,11-12H2,1H3. The minimum absolute atomic E-state index is 0.0192. The van der Waals surface area contributed by atoms with Gasteiger partial charge in [0.25, 0.3) is 0 Å². The summed E-state index contributed by atoms with van der Waals surface area (Å²) in [6, 6.07) is 9.60. The van der Waals surface area contributed by atoms with Gasteiger partial charge >= 0.3 is 0 Å². The van der Waals surface area contributed by atoms with Crippen LogP contribution in [0.5, 0.6) is 11.5 Å². The predicted octanol–water partition coefficient (Wildman–Crippen LogP) is 5.52. The first-order chi connectivity index (χ1) is 12.7. The average molecular weight is 391 g/mol. The maximum Gasteiger partial charge on any atom is 0.172 e. The Morgan fingerprint density at radius 1 is 0.885 bits per heavy atom. The van der Waals surface area contributed by atoms with Crippen molar-refractivity contribution >= 4 is 23.5 Å². The highest BCUT2D eigenvalue weighted by Crippen LogP contribution is 2.45. The molecule has 0 saturated heterocycles. The van der Waals surface area contributed by atoms with Gasteiger partial charge in [0.1, 0.15) is 11.5 Å². The molecule has 2 heterocycles. The number of aromatic hydroxyl groups is 2. The average Bonchev–Trinajstić information content (AvgIpc) is 3.34. The molecule has 0 radical (unpaired) electrons. The van der Waals surface area contributed by atoms with Crippen LogP contribution in [0, 0.1) is 0 Å². The van der Waals surface area contributed by atoms with E-state index in [9.17, 15) is 10.2 Å². The van der Waals surface area contributed by atoms with E-state index in [0.717, 1.165) is 52.7 Å². The second kappa shape index (κ2) is 9.14. The Bertz CT molecular complexity index is 811. The molecule has 0 spiro atoms.